The lowest BCUT2D eigenvalue weighted by Crippen LogP contribution is -2.17. The van der Waals surface area contributed by atoms with Crippen LogP contribution in [0.2, 0.25) is 0 Å². The zero-order valence-electron chi connectivity index (χ0n) is 9.02. The zero-order valence-corrected chi connectivity index (χ0v) is 9.84. The van der Waals surface area contributed by atoms with E-state index in [2.05, 4.69) is 5.32 Å². The van der Waals surface area contributed by atoms with Gasteiger partial charge in [0.05, 0.1) is 4.91 Å². The highest BCUT2D eigenvalue weighted by Gasteiger charge is 2.24. The van der Waals surface area contributed by atoms with Gasteiger partial charge in [0.15, 0.2) is 5.78 Å². The zero-order chi connectivity index (χ0) is 12.4. The first kappa shape index (κ1) is 11.6. The molecule has 0 atom stereocenters. The second kappa shape index (κ2) is 4.55. The number of thioether (sulfide) groups is 1. The fraction of sp³-hybridized carbons (Fsp3) is 0.0833. The minimum absolute atomic E-state index is 0.00707. The maximum Gasteiger partial charge on any atom is 0.290 e. The Bertz CT molecular complexity index is 531. The summed E-state index contributed by atoms with van der Waals surface area (Å²) in [6.45, 7) is 1.49. The van der Waals surface area contributed by atoms with Crippen molar-refractivity contribution in [3.63, 3.8) is 0 Å². The van der Waals surface area contributed by atoms with Crippen molar-refractivity contribution >= 4 is 34.8 Å². The number of Topliss-reactive ketones (excluding diaryl/α,β-unsaturated/α-hetero) is 1. The van der Waals surface area contributed by atoms with Crippen LogP contribution in [0.4, 0.5) is 4.79 Å². The van der Waals surface area contributed by atoms with Crippen molar-refractivity contribution in [2.75, 3.05) is 0 Å². The molecule has 0 aromatic heterocycles. The number of hydrogen-bond donors (Lipinski definition) is 1. The number of benzene rings is 1. The van der Waals surface area contributed by atoms with E-state index in [4.69, 9.17) is 0 Å². The van der Waals surface area contributed by atoms with E-state index in [0.29, 0.717) is 10.5 Å². The minimum atomic E-state index is -0.379. The van der Waals surface area contributed by atoms with Crippen LogP contribution in [-0.4, -0.2) is 16.9 Å². The molecule has 17 heavy (non-hydrogen) atoms. The van der Waals surface area contributed by atoms with Crippen LogP contribution >= 0.6 is 11.8 Å². The normalized spacial score (nSPS) is 17.4. The molecule has 0 saturated carbocycles. The van der Waals surface area contributed by atoms with E-state index in [0.717, 1.165) is 17.3 Å². The number of amides is 2. The first-order valence-corrected chi connectivity index (χ1v) is 5.74. The maximum atomic E-state index is 11.3. The summed E-state index contributed by atoms with van der Waals surface area (Å²) in [5.41, 5.74) is 1.40. The second-order valence-electron chi connectivity index (χ2n) is 3.53. The monoisotopic (exact) mass is 247 g/mol. The van der Waals surface area contributed by atoms with Crippen LogP contribution in [0.25, 0.3) is 6.08 Å². The van der Waals surface area contributed by atoms with Crippen LogP contribution in [0.1, 0.15) is 22.8 Å². The molecule has 1 aliphatic heterocycles. The number of hydrogen-bond acceptors (Lipinski definition) is 4. The fourth-order valence-electron chi connectivity index (χ4n) is 1.39. The Kier molecular flexibility index (Phi) is 3.10. The summed E-state index contributed by atoms with van der Waals surface area (Å²) in [6.07, 6.45) is 1.62. The average molecular weight is 247 g/mol. The van der Waals surface area contributed by atoms with E-state index in [9.17, 15) is 14.4 Å². The standard InChI is InChI=1S/C12H9NO3S/c1-7(14)9-4-2-8(3-5-9)6-10-11(15)13-12(16)17-10/h2-6H,1H3,(H,13,15,16)/b10-6-. The molecule has 4 nitrogen and oxygen atoms in total. The average Bonchev–Trinajstić information content (AvgIpc) is 2.58. The van der Waals surface area contributed by atoms with Gasteiger partial charge >= 0.3 is 0 Å². The summed E-state index contributed by atoms with van der Waals surface area (Å²) in [6, 6.07) is 6.85. The highest BCUT2D eigenvalue weighted by molar-refractivity contribution is 8.18. The van der Waals surface area contributed by atoms with E-state index in [1.165, 1.54) is 6.92 Å². The van der Waals surface area contributed by atoms with Gasteiger partial charge in [0.25, 0.3) is 11.1 Å². The first-order valence-electron chi connectivity index (χ1n) is 4.92. The molecular weight excluding hydrogens is 238 g/mol. The molecule has 86 valence electrons. The molecule has 0 radical (unpaired) electrons. The Morgan fingerprint density at radius 3 is 2.35 bits per heavy atom. The van der Waals surface area contributed by atoms with Gasteiger partial charge in [-0.1, -0.05) is 24.3 Å². The summed E-state index contributed by atoms with van der Waals surface area (Å²) < 4.78 is 0. The third-order valence-electron chi connectivity index (χ3n) is 2.26. The number of rotatable bonds is 2. The van der Waals surface area contributed by atoms with Crippen LogP contribution in [0, 0.1) is 0 Å². The topological polar surface area (TPSA) is 63.2 Å². The molecule has 0 bridgehead atoms. The van der Waals surface area contributed by atoms with Gasteiger partial charge in [0.2, 0.25) is 0 Å². The van der Waals surface area contributed by atoms with E-state index >= 15 is 0 Å². The fourth-order valence-corrected chi connectivity index (χ4v) is 2.07. The van der Waals surface area contributed by atoms with Crippen molar-refractivity contribution < 1.29 is 14.4 Å². The van der Waals surface area contributed by atoms with Crippen molar-refractivity contribution in [3.8, 4) is 0 Å². The van der Waals surface area contributed by atoms with Gasteiger partial charge in [-0.3, -0.25) is 19.7 Å². The number of imide groups is 1. The SMILES string of the molecule is CC(=O)c1ccc(/C=C2\SC(=O)NC2=O)cc1. The molecule has 1 N–H and O–H groups in total. The van der Waals surface area contributed by atoms with Crippen LogP contribution in [0.3, 0.4) is 0 Å². The number of ketones is 1. The Morgan fingerprint density at radius 2 is 1.88 bits per heavy atom. The summed E-state index contributed by atoms with van der Waals surface area (Å²) in [5, 5.41) is 1.82. The highest BCUT2D eigenvalue weighted by Crippen LogP contribution is 2.25. The third-order valence-corrected chi connectivity index (χ3v) is 3.07. The lowest BCUT2D eigenvalue weighted by atomic mass is 10.1. The van der Waals surface area contributed by atoms with Crippen molar-refractivity contribution in [1.29, 1.82) is 0 Å². The van der Waals surface area contributed by atoms with Crippen LogP contribution in [0.5, 0.6) is 0 Å². The van der Waals surface area contributed by atoms with E-state index < -0.39 is 0 Å². The molecule has 0 unspecified atom stereocenters. The molecule has 1 aromatic rings. The van der Waals surface area contributed by atoms with Gasteiger partial charge < -0.3 is 0 Å². The van der Waals surface area contributed by atoms with Gasteiger partial charge in [-0.25, -0.2) is 0 Å². The van der Waals surface area contributed by atoms with E-state index in [1.54, 1.807) is 30.3 Å². The molecule has 2 amide bonds. The predicted molar refractivity (Wildman–Crippen MR) is 65.6 cm³/mol. The Balaban J connectivity index is 2.24. The van der Waals surface area contributed by atoms with Crippen molar-refractivity contribution in [3.05, 3.63) is 40.3 Å². The molecule has 1 aliphatic rings. The number of nitrogens with one attached hydrogen (secondary N) is 1. The van der Waals surface area contributed by atoms with Crippen LogP contribution in [0.15, 0.2) is 29.2 Å². The summed E-state index contributed by atoms with van der Waals surface area (Å²) in [5.74, 6) is -0.386. The smallest absolute Gasteiger partial charge is 0.290 e. The summed E-state index contributed by atoms with van der Waals surface area (Å²) >= 11 is 0.874. The second-order valence-corrected chi connectivity index (χ2v) is 4.55. The third kappa shape index (κ3) is 2.62. The van der Waals surface area contributed by atoms with Gasteiger partial charge in [0, 0.05) is 5.56 Å². The van der Waals surface area contributed by atoms with E-state index in [1.807, 2.05) is 0 Å². The molecule has 1 aromatic carbocycles. The van der Waals surface area contributed by atoms with Crippen molar-refractivity contribution in [1.82, 2.24) is 5.32 Å². The van der Waals surface area contributed by atoms with Gasteiger partial charge in [-0.15, -0.1) is 0 Å². The minimum Gasteiger partial charge on any atom is -0.295 e. The Labute approximate surface area is 102 Å². The molecule has 1 saturated heterocycles. The summed E-state index contributed by atoms with van der Waals surface area (Å²) in [7, 11) is 0. The number of carbonyl (C=O) groups excluding carboxylic acids is 3. The Morgan fingerprint density at radius 1 is 1.24 bits per heavy atom. The molecule has 0 spiro atoms. The molecule has 5 heteroatoms. The lowest BCUT2D eigenvalue weighted by molar-refractivity contribution is -0.115. The van der Waals surface area contributed by atoms with Gasteiger partial charge in [0.1, 0.15) is 0 Å². The van der Waals surface area contributed by atoms with Gasteiger partial charge in [-0.05, 0) is 30.3 Å². The highest BCUT2D eigenvalue weighted by atomic mass is 32.2. The molecule has 0 aliphatic carbocycles. The largest absolute Gasteiger partial charge is 0.295 e. The van der Waals surface area contributed by atoms with Gasteiger partial charge in [-0.2, -0.15) is 0 Å². The van der Waals surface area contributed by atoms with E-state index in [-0.39, 0.29) is 16.9 Å². The van der Waals surface area contributed by atoms with Crippen molar-refractivity contribution in [2.24, 2.45) is 0 Å². The van der Waals surface area contributed by atoms with Crippen LogP contribution in [-0.2, 0) is 4.79 Å². The van der Waals surface area contributed by atoms with Crippen LogP contribution < -0.4 is 5.32 Å². The maximum absolute atomic E-state index is 11.3. The molecular formula is C12H9NO3S. The summed E-state index contributed by atoms with van der Waals surface area (Å²) in [4.78, 5) is 33.7. The predicted octanol–water partition coefficient (Wildman–Crippen LogP) is 2.21. The first-order chi connectivity index (χ1) is 8.06. The molecule has 2 rings (SSSR count). The lowest BCUT2D eigenvalue weighted by Gasteiger charge is -1.97. The molecule has 1 fully saturated rings. The molecule has 1 heterocycles. The quantitative estimate of drug-likeness (QED) is 0.643. The Hall–Kier alpha value is -1.88. The van der Waals surface area contributed by atoms with Crippen molar-refractivity contribution in [2.45, 2.75) is 6.92 Å². The number of carbonyl (C=O) groups is 3.